The normalized spacial score (nSPS) is 17.2. The van der Waals surface area contributed by atoms with Gasteiger partial charge in [-0.05, 0) is 24.1 Å². The Kier molecular flexibility index (Phi) is 6.70. The summed E-state index contributed by atoms with van der Waals surface area (Å²) in [5.41, 5.74) is 9.34. The maximum atomic E-state index is 12.5. The summed E-state index contributed by atoms with van der Waals surface area (Å²) in [4.78, 5) is 24.4. The molecule has 1 aliphatic rings. The van der Waals surface area contributed by atoms with E-state index < -0.39 is 0 Å². The number of benzene rings is 2. The van der Waals surface area contributed by atoms with E-state index in [2.05, 4.69) is 19.2 Å². The molecule has 0 saturated carbocycles. The van der Waals surface area contributed by atoms with Crippen LogP contribution in [0.1, 0.15) is 52.6 Å². The fraction of sp³-hybridized carbons (Fsp3) is 0.346. The van der Waals surface area contributed by atoms with Crippen LogP contribution in [-0.4, -0.2) is 42.3 Å². The number of methoxy groups -OCH3 is 1. The van der Waals surface area contributed by atoms with Gasteiger partial charge in [0.2, 0.25) is 0 Å². The number of nitrogen functional groups attached to an aromatic ring is 1. The standard InChI is InChI=1S/C26H30N4O4/c1-26(2)16-34-13-12-22(26)30-24(27)20(15-31)23(29-30)18-10-8-17(9-11-18)14-28-25(32)19-6-4-5-7-21(19)33-3/h4-11,15,22H,12-14,16,27H2,1-3H3,(H,28,32). The Balaban J connectivity index is 1.53. The molecule has 8 nitrogen and oxygen atoms in total. The third kappa shape index (κ3) is 4.54. The number of amides is 1. The number of nitrogens with zero attached hydrogens (tertiary/aromatic N) is 2. The summed E-state index contributed by atoms with van der Waals surface area (Å²) in [5.74, 6) is 0.686. The van der Waals surface area contributed by atoms with Crippen LogP contribution in [0.5, 0.6) is 5.75 Å². The molecule has 0 spiro atoms. The highest BCUT2D eigenvalue weighted by Gasteiger charge is 2.37. The molecule has 34 heavy (non-hydrogen) atoms. The third-order valence-corrected chi connectivity index (χ3v) is 6.34. The molecule has 1 amide bonds. The summed E-state index contributed by atoms with van der Waals surface area (Å²) in [5, 5.41) is 7.66. The van der Waals surface area contributed by atoms with Crippen LogP contribution < -0.4 is 15.8 Å². The Morgan fingerprint density at radius 1 is 1.26 bits per heavy atom. The van der Waals surface area contributed by atoms with Gasteiger partial charge in [0.15, 0.2) is 6.29 Å². The van der Waals surface area contributed by atoms with E-state index in [1.165, 1.54) is 7.11 Å². The van der Waals surface area contributed by atoms with Gasteiger partial charge < -0.3 is 20.5 Å². The fourth-order valence-electron chi connectivity index (χ4n) is 4.39. The molecule has 4 rings (SSSR count). The quantitative estimate of drug-likeness (QED) is 0.516. The molecule has 1 aromatic heterocycles. The smallest absolute Gasteiger partial charge is 0.255 e. The van der Waals surface area contributed by atoms with Gasteiger partial charge in [-0.3, -0.25) is 9.59 Å². The van der Waals surface area contributed by atoms with E-state index in [0.717, 1.165) is 23.8 Å². The van der Waals surface area contributed by atoms with Crippen LogP contribution in [0.3, 0.4) is 0 Å². The minimum absolute atomic E-state index is 0.0400. The van der Waals surface area contributed by atoms with Crippen molar-refractivity contribution in [3.63, 3.8) is 0 Å². The lowest BCUT2D eigenvalue weighted by atomic mass is 9.82. The van der Waals surface area contributed by atoms with Crippen molar-refractivity contribution in [2.75, 3.05) is 26.1 Å². The summed E-state index contributed by atoms with van der Waals surface area (Å²) < 4.78 is 12.7. The predicted octanol–water partition coefficient (Wildman–Crippen LogP) is 3.87. The predicted molar refractivity (Wildman–Crippen MR) is 130 cm³/mol. The summed E-state index contributed by atoms with van der Waals surface area (Å²) in [6, 6.07) is 14.7. The minimum atomic E-state index is -0.213. The van der Waals surface area contributed by atoms with E-state index in [1.807, 2.05) is 30.3 Å². The summed E-state index contributed by atoms with van der Waals surface area (Å²) in [7, 11) is 1.54. The minimum Gasteiger partial charge on any atom is -0.496 e. The number of aromatic nitrogens is 2. The van der Waals surface area contributed by atoms with Crippen LogP contribution in [0.2, 0.25) is 0 Å². The van der Waals surface area contributed by atoms with Crippen molar-refractivity contribution >= 4 is 18.0 Å². The number of aldehydes is 1. The molecule has 1 aliphatic heterocycles. The molecular formula is C26H30N4O4. The molecule has 1 fully saturated rings. The van der Waals surface area contributed by atoms with Crippen molar-refractivity contribution in [1.82, 2.24) is 15.1 Å². The monoisotopic (exact) mass is 462 g/mol. The van der Waals surface area contributed by atoms with Gasteiger partial charge in [0, 0.05) is 24.1 Å². The van der Waals surface area contributed by atoms with Crippen molar-refractivity contribution in [2.24, 2.45) is 5.41 Å². The van der Waals surface area contributed by atoms with Crippen molar-refractivity contribution in [1.29, 1.82) is 0 Å². The van der Waals surface area contributed by atoms with E-state index in [-0.39, 0.29) is 17.4 Å². The first kappa shape index (κ1) is 23.5. The molecule has 3 aromatic rings. The Morgan fingerprint density at radius 3 is 2.68 bits per heavy atom. The SMILES string of the molecule is COc1ccccc1C(=O)NCc1ccc(-c2nn(C3CCOCC3(C)C)c(N)c2C=O)cc1. The molecule has 178 valence electrons. The zero-order valence-electron chi connectivity index (χ0n) is 19.7. The van der Waals surface area contributed by atoms with Crippen LogP contribution in [0, 0.1) is 5.41 Å². The molecule has 2 aromatic carbocycles. The van der Waals surface area contributed by atoms with E-state index in [4.69, 9.17) is 20.3 Å². The van der Waals surface area contributed by atoms with E-state index in [1.54, 1.807) is 22.9 Å². The average Bonchev–Trinajstić information content (AvgIpc) is 3.18. The first-order chi connectivity index (χ1) is 16.4. The molecule has 1 saturated heterocycles. The molecule has 8 heteroatoms. The van der Waals surface area contributed by atoms with Crippen molar-refractivity contribution in [2.45, 2.75) is 32.9 Å². The number of anilines is 1. The van der Waals surface area contributed by atoms with Gasteiger partial charge in [0.25, 0.3) is 5.91 Å². The maximum Gasteiger partial charge on any atom is 0.255 e. The highest BCUT2D eigenvalue weighted by molar-refractivity contribution is 5.97. The molecular weight excluding hydrogens is 432 g/mol. The zero-order valence-corrected chi connectivity index (χ0v) is 19.7. The van der Waals surface area contributed by atoms with Gasteiger partial charge in [0.1, 0.15) is 17.3 Å². The van der Waals surface area contributed by atoms with Crippen LogP contribution in [0.15, 0.2) is 48.5 Å². The first-order valence-electron chi connectivity index (χ1n) is 11.3. The molecule has 3 N–H and O–H groups in total. The van der Waals surface area contributed by atoms with Crippen molar-refractivity contribution < 1.29 is 19.1 Å². The fourth-order valence-corrected chi connectivity index (χ4v) is 4.39. The lowest BCUT2D eigenvalue weighted by Crippen LogP contribution is -2.37. The number of nitrogens with one attached hydrogen (secondary N) is 1. The van der Waals surface area contributed by atoms with Gasteiger partial charge in [-0.25, -0.2) is 4.68 Å². The Labute approximate surface area is 199 Å². The number of para-hydroxylation sites is 1. The Bertz CT molecular complexity index is 1180. The van der Waals surface area contributed by atoms with E-state index in [0.29, 0.717) is 48.1 Å². The van der Waals surface area contributed by atoms with Gasteiger partial charge in [0.05, 0.1) is 30.9 Å². The number of carbonyl (C=O) groups is 2. The van der Waals surface area contributed by atoms with E-state index >= 15 is 0 Å². The highest BCUT2D eigenvalue weighted by Crippen LogP contribution is 2.40. The lowest BCUT2D eigenvalue weighted by molar-refractivity contribution is -0.0284. The lowest BCUT2D eigenvalue weighted by Gasteiger charge is -2.38. The highest BCUT2D eigenvalue weighted by atomic mass is 16.5. The second-order valence-corrected chi connectivity index (χ2v) is 9.14. The van der Waals surface area contributed by atoms with Crippen LogP contribution in [-0.2, 0) is 11.3 Å². The number of ether oxygens (including phenoxy) is 2. The van der Waals surface area contributed by atoms with Crippen LogP contribution >= 0.6 is 0 Å². The van der Waals surface area contributed by atoms with E-state index in [9.17, 15) is 9.59 Å². The topological polar surface area (TPSA) is 108 Å². The van der Waals surface area contributed by atoms with Crippen LogP contribution in [0.25, 0.3) is 11.3 Å². The molecule has 1 atom stereocenters. The number of nitrogens with two attached hydrogens (primary N) is 1. The largest absolute Gasteiger partial charge is 0.496 e. The van der Waals surface area contributed by atoms with Crippen molar-refractivity contribution in [3.05, 3.63) is 65.2 Å². The second kappa shape index (κ2) is 9.69. The van der Waals surface area contributed by atoms with Gasteiger partial charge in [-0.15, -0.1) is 0 Å². The molecule has 0 bridgehead atoms. The Morgan fingerprint density at radius 2 is 2.00 bits per heavy atom. The average molecular weight is 463 g/mol. The second-order valence-electron chi connectivity index (χ2n) is 9.14. The van der Waals surface area contributed by atoms with Gasteiger partial charge >= 0.3 is 0 Å². The molecule has 0 radical (unpaired) electrons. The number of carbonyl (C=O) groups excluding carboxylic acids is 2. The van der Waals surface area contributed by atoms with Gasteiger partial charge in [-0.2, -0.15) is 5.10 Å². The van der Waals surface area contributed by atoms with Crippen LogP contribution in [0.4, 0.5) is 5.82 Å². The number of hydrogen-bond acceptors (Lipinski definition) is 6. The zero-order chi connectivity index (χ0) is 24.3. The molecule has 0 aliphatic carbocycles. The summed E-state index contributed by atoms with van der Waals surface area (Å²) >= 11 is 0. The van der Waals surface area contributed by atoms with Crippen molar-refractivity contribution in [3.8, 4) is 17.0 Å². The summed E-state index contributed by atoms with van der Waals surface area (Å²) in [6.07, 6.45) is 1.54. The number of hydrogen-bond donors (Lipinski definition) is 2. The molecule has 1 unspecified atom stereocenters. The molecule has 2 heterocycles. The van der Waals surface area contributed by atoms with Gasteiger partial charge in [-0.1, -0.05) is 50.2 Å². The maximum absolute atomic E-state index is 12.5. The summed E-state index contributed by atoms with van der Waals surface area (Å²) in [6.45, 7) is 5.83. The first-order valence-corrected chi connectivity index (χ1v) is 11.3. The third-order valence-electron chi connectivity index (χ3n) is 6.34. The number of rotatable bonds is 7. The Hall–Kier alpha value is -3.65.